The van der Waals surface area contributed by atoms with E-state index in [-0.39, 0.29) is 16.1 Å². The van der Waals surface area contributed by atoms with E-state index in [0.717, 1.165) is 23.1 Å². The van der Waals surface area contributed by atoms with Crippen molar-refractivity contribution in [2.24, 2.45) is 10.6 Å². The van der Waals surface area contributed by atoms with Crippen LogP contribution in [-0.2, 0) is 16.4 Å². The lowest BCUT2D eigenvalue weighted by molar-refractivity contribution is 0.463. The number of sulfonamides is 1. The van der Waals surface area contributed by atoms with E-state index in [0.29, 0.717) is 6.42 Å². The molecule has 2 N–H and O–H groups in total. The molecule has 0 aliphatic rings. The molecule has 134 valence electrons. The fourth-order valence-electron chi connectivity index (χ4n) is 2.49. The zero-order valence-corrected chi connectivity index (χ0v) is 15.6. The van der Waals surface area contributed by atoms with E-state index >= 15 is 0 Å². The van der Waals surface area contributed by atoms with Crippen LogP contribution in [0.4, 0.5) is 4.39 Å². The normalized spacial score (nSPS) is 13.1. The molecule has 0 saturated heterocycles. The predicted octanol–water partition coefficient (Wildman–Crippen LogP) is 4.54. The van der Waals surface area contributed by atoms with Gasteiger partial charge in [-0.1, -0.05) is 51.1 Å². The van der Waals surface area contributed by atoms with Gasteiger partial charge >= 0.3 is 0 Å². The van der Waals surface area contributed by atoms with Gasteiger partial charge in [-0.25, -0.2) is 17.9 Å². The van der Waals surface area contributed by atoms with Gasteiger partial charge in [0.25, 0.3) is 0 Å². The van der Waals surface area contributed by atoms with E-state index in [1.807, 2.05) is 0 Å². The fraction of sp³-hybridized carbons (Fsp3) is 0.300. The summed E-state index contributed by atoms with van der Waals surface area (Å²) in [5.41, 5.74) is 3.01. The molecule has 0 saturated carbocycles. The highest BCUT2D eigenvalue weighted by molar-refractivity contribution is 7.89. The lowest BCUT2D eigenvalue weighted by Gasteiger charge is -2.21. The van der Waals surface area contributed by atoms with Gasteiger partial charge in [0.2, 0.25) is 10.0 Å². The third kappa shape index (κ3) is 5.51. The molecule has 2 rings (SSSR count). The van der Waals surface area contributed by atoms with Crippen molar-refractivity contribution in [3.63, 3.8) is 0 Å². The molecule has 0 bridgehead atoms. The van der Waals surface area contributed by atoms with Crippen LogP contribution in [0.5, 0.6) is 0 Å². The van der Waals surface area contributed by atoms with Crippen molar-refractivity contribution in [2.45, 2.75) is 38.5 Å². The average Bonchev–Trinajstić information content (AvgIpc) is 2.54. The van der Waals surface area contributed by atoms with E-state index in [1.54, 1.807) is 24.3 Å². The van der Waals surface area contributed by atoms with Crippen molar-refractivity contribution < 1.29 is 12.8 Å². The molecule has 3 nitrogen and oxygen atoms in total. The van der Waals surface area contributed by atoms with Crippen LogP contribution in [0.2, 0.25) is 0 Å². The second-order valence-corrected chi connectivity index (χ2v) is 8.45. The molecular weight excluding hydrogens is 337 g/mol. The van der Waals surface area contributed by atoms with Gasteiger partial charge in [-0.05, 0) is 59.2 Å². The molecule has 0 aromatic heterocycles. The fourth-order valence-corrected chi connectivity index (χ4v) is 3.01. The van der Waals surface area contributed by atoms with Gasteiger partial charge in [-0.2, -0.15) is 0 Å². The molecule has 2 aromatic rings. The molecule has 0 radical (unpaired) electrons. The summed E-state index contributed by atoms with van der Waals surface area (Å²) in [6.45, 7) is 6.43. The molecule has 0 fully saturated rings. The van der Waals surface area contributed by atoms with Gasteiger partial charge in [0, 0.05) is 0 Å². The minimum Gasteiger partial charge on any atom is -0.225 e. The first-order chi connectivity index (χ1) is 11.6. The quantitative estimate of drug-likeness (QED) is 0.821. The molecule has 5 heteroatoms. The molecule has 0 atom stereocenters. The Kier molecular flexibility index (Phi) is 5.80. The maximum atomic E-state index is 13.2. The van der Waals surface area contributed by atoms with Crippen molar-refractivity contribution in [1.82, 2.24) is 0 Å². The molecule has 0 aliphatic heterocycles. The summed E-state index contributed by atoms with van der Waals surface area (Å²) in [7, 11) is -3.69. The number of primary sulfonamides is 1. The number of rotatable bonds is 6. The van der Waals surface area contributed by atoms with E-state index in [4.69, 9.17) is 5.14 Å². The van der Waals surface area contributed by atoms with E-state index < -0.39 is 10.0 Å². The van der Waals surface area contributed by atoms with Gasteiger partial charge in [-0.3, -0.25) is 0 Å². The molecule has 0 amide bonds. The van der Waals surface area contributed by atoms with Crippen molar-refractivity contribution in [3.8, 4) is 0 Å². The molecule has 25 heavy (non-hydrogen) atoms. The van der Waals surface area contributed by atoms with Gasteiger partial charge < -0.3 is 0 Å². The second-order valence-electron chi connectivity index (χ2n) is 6.88. The summed E-state index contributed by atoms with van der Waals surface area (Å²) in [5.74, 6) is -0.268. The molecular formula is C20H24FNO2S. The lowest BCUT2D eigenvalue weighted by Crippen LogP contribution is -2.12. The Bertz CT molecular complexity index is 852. The number of hydrogen-bond acceptors (Lipinski definition) is 2. The van der Waals surface area contributed by atoms with Crippen LogP contribution in [-0.4, -0.2) is 8.42 Å². The highest BCUT2D eigenvalue weighted by Crippen LogP contribution is 2.30. The van der Waals surface area contributed by atoms with Gasteiger partial charge in [0.1, 0.15) is 5.82 Å². The third-order valence-electron chi connectivity index (χ3n) is 4.34. The third-order valence-corrected chi connectivity index (χ3v) is 5.27. The molecule has 2 aromatic carbocycles. The summed E-state index contributed by atoms with van der Waals surface area (Å²) in [5, 5.41) is 5.14. The first kappa shape index (κ1) is 19.3. The lowest BCUT2D eigenvalue weighted by atomic mass is 9.84. The van der Waals surface area contributed by atoms with Crippen LogP contribution in [0.3, 0.4) is 0 Å². The maximum absolute atomic E-state index is 13.2. The monoisotopic (exact) mass is 361 g/mol. The van der Waals surface area contributed by atoms with E-state index in [9.17, 15) is 12.8 Å². The SMILES string of the molecule is CCC(C)(C)/C=C(\Cc1ccc(S(N)(=O)=O)cc1)c1ccc(F)cc1. The minimum absolute atomic E-state index is 0.00422. The molecule has 0 unspecified atom stereocenters. The van der Waals surface area contributed by atoms with Gasteiger partial charge in [0.05, 0.1) is 4.90 Å². The molecule has 0 heterocycles. The van der Waals surface area contributed by atoms with Crippen molar-refractivity contribution in [2.75, 3.05) is 0 Å². The minimum atomic E-state index is -3.69. The second kappa shape index (κ2) is 7.50. The summed E-state index contributed by atoms with van der Waals surface area (Å²) < 4.78 is 36.0. The van der Waals surface area contributed by atoms with Crippen molar-refractivity contribution in [3.05, 3.63) is 71.6 Å². The van der Waals surface area contributed by atoms with Crippen LogP contribution >= 0.6 is 0 Å². The summed E-state index contributed by atoms with van der Waals surface area (Å²) >= 11 is 0. The largest absolute Gasteiger partial charge is 0.238 e. The standard InChI is InChI=1S/C20H24FNO2S/c1-4-20(2,3)14-17(16-7-9-18(21)10-8-16)13-15-5-11-19(12-6-15)25(22,23)24/h5-12,14H,4,13H2,1-3H3,(H2,22,23,24)/b17-14+. The van der Waals surface area contributed by atoms with Crippen LogP contribution in [0, 0.1) is 11.2 Å². The molecule has 0 spiro atoms. The zero-order valence-electron chi connectivity index (χ0n) is 14.8. The van der Waals surface area contributed by atoms with E-state index in [1.165, 1.54) is 24.3 Å². The Labute approximate surface area is 149 Å². The highest BCUT2D eigenvalue weighted by atomic mass is 32.2. The number of hydrogen-bond donors (Lipinski definition) is 1. The van der Waals surface area contributed by atoms with Gasteiger partial charge in [0.15, 0.2) is 0 Å². The summed E-state index contributed by atoms with van der Waals surface area (Å²) in [4.78, 5) is 0.0949. The van der Waals surface area contributed by atoms with Crippen LogP contribution in [0.1, 0.15) is 38.3 Å². The number of benzene rings is 2. The summed E-state index contributed by atoms with van der Waals surface area (Å²) in [6.07, 6.45) is 3.80. The Hall–Kier alpha value is -1.98. The van der Waals surface area contributed by atoms with Crippen molar-refractivity contribution >= 4 is 15.6 Å². The highest BCUT2D eigenvalue weighted by Gasteiger charge is 2.15. The van der Waals surface area contributed by atoms with Gasteiger partial charge in [-0.15, -0.1) is 0 Å². The Morgan fingerprint density at radius 3 is 2.12 bits per heavy atom. The maximum Gasteiger partial charge on any atom is 0.238 e. The van der Waals surface area contributed by atoms with Crippen LogP contribution < -0.4 is 5.14 Å². The van der Waals surface area contributed by atoms with Crippen molar-refractivity contribution in [1.29, 1.82) is 0 Å². The Balaban J connectivity index is 2.38. The summed E-state index contributed by atoms with van der Waals surface area (Å²) in [6, 6.07) is 13.0. The zero-order chi connectivity index (χ0) is 18.7. The van der Waals surface area contributed by atoms with Crippen LogP contribution in [0.25, 0.3) is 5.57 Å². The smallest absolute Gasteiger partial charge is 0.225 e. The van der Waals surface area contributed by atoms with Crippen LogP contribution in [0.15, 0.2) is 59.5 Å². The topological polar surface area (TPSA) is 60.2 Å². The Morgan fingerprint density at radius 2 is 1.64 bits per heavy atom. The Morgan fingerprint density at radius 1 is 1.08 bits per heavy atom. The number of halogens is 1. The predicted molar refractivity (Wildman–Crippen MR) is 100.0 cm³/mol. The van der Waals surface area contributed by atoms with E-state index in [2.05, 4.69) is 26.8 Å². The number of nitrogens with two attached hydrogens (primary N) is 1. The average molecular weight is 361 g/mol. The first-order valence-corrected chi connectivity index (χ1v) is 9.75. The number of allylic oxidation sites excluding steroid dienone is 2. The molecule has 0 aliphatic carbocycles. The first-order valence-electron chi connectivity index (χ1n) is 8.20.